The summed E-state index contributed by atoms with van der Waals surface area (Å²) in [5, 5.41) is 10.9. The number of halogens is 1. The number of hydrogen-bond acceptors (Lipinski definition) is 4. The van der Waals surface area contributed by atoms with Crippen LogP contribution in [-0.2, 0) is 7.05 Å². The van der Waals surface area contributed by atoms with Crippen molar-refractivity contribution in [2.45, 2.75) is 32.2 Å². The lowest BCUT2D eigenvalue weighted by Gasteiger charge is -2.33. The first-order valence-corrected chi connectivity index (χ1v) is 7.51. The fourth-order valence-corrected chi connectivity index (χ4v) is 3.00. The van der Waals surface area contributed by atoms with Crippen molar-refractivity contribution in [3.05, 3.63) is 32.7 Å². The van der Waals surface area contributed by atoms with Crippen molar-refractivity contribution in [3.63, 3.8) is 0 Å². The number of hydrogen-bond donors (Lipinski definition) is 2. The molecular formula is C13H17ClN6O2. The van der Waals surface area contributed by atoms with Crippen LogP contribution in [0.3, 0.4) is 0 Å². The van der Waals surface area contributed by atoms with E-state index in [0.717, 1.165) is 25.0 Å². The molecule has 9 heteroatoms. The van der Waals surface area contributed by atoms with Gasteiger partial charge in [0.15, 0.2) is 11.5 Å². The average Bonchev–Trinajstić information content (AvgIpc) is 3.06. The first-order valence-electron chi connectivity index (χ1n) is 7.13. The molecule has 0 spiro atoms. The SMILES string of the molecule is Cc1c(Cl)c(C(=O)N2CCCC[C@@H]2c2n[nH]c(=O)[nH]2)nn1C. The van der Waals surface area contributed by atoms with Crippen LogP contribution in [0.1, 0.15) is 47.3 Å². The molecule has 1 saturated heterocycles. The number of rotatable bonds is 2. The summed E-state index contributed by atoms with van der Waals surface area (Å²) in [5.74, 6) is 0.240. The maximum atomic E-state index is 12.8. The molecule has 22 heavy (non-hydrogen) atoms. The number of nitrogens with zero attached hydrogens (tertiary/aromatic N) is 4. The summed E-state index contributed by atoms with van der Waals surface area (Å²) < 4.78 is 1.59. The summed E-state index contributed by atoms with van der Waals surface area (Å²) in [6.07, 6.45) is 2.62. The number of carbonyl (C=O) groups excluding carboxylic acids is 1. The number of H-pyrrole nitrogens is 2. The summed E-state index contributed by atoms with van der Waals surface area (Å²) in [6.45, 7) is 2.40. The highest BCUT2D eigenvalue weighted by Gasteiger charge is 2.33. The van der Waals surface area contributed by atoms with Crippen LogP contribution < -0.4 is 5.69 Å². The Morgan fingerprint density at radius 3 is 2.77 bits per heavy atom. The van der Waals surface area contributed by atoms with Gasteiger partial charge in [-0.25, -0.2) is 9.89 Å². The third kappa shape index (κ3) is 2.43. The van der Waals surface area contributed by atoms with E-state index in [2.05, 4.69) is 20.3 Å². The molecule has 0 bridgehead atoms. The van der Waals surface area contributed by atoms with Crippen LogP contribution in [0.5, 0.6) is 0 Å². The number of amides is 1. The topological polar surface area (TPSA) is 99.7 Å². The molecule has 1 fully saturated rings. The van der Waals surface area contributed by atoms with Crippen LogP contribution >= 0.6 is 11.6 Å². The first kappa shape index (κ1) is 14.8. The van der Waals surface area contributed by atoms with Crippen molar-refractivity contribution in [3.8, 4) is 0 Å². The molecule has 2 aromatic rings. The molecule has 1 amide bonds. The second-order valence-corrected chi connectivity index (χ2v) is 5.82. The standard InChI is InChI=1S/C13H17ClN6O2/c1-7-9(14)10(18-19(7)2)12(21)20-6-4-3-5-8(20)11-15-13(22)17-16-11/h8H,3-6H2,1-2H3,(H2,15,16,17,22)/t8-/m1/s1. The van der Waals surface area contributed by atoms with Crippen molar-refractivity contribution in [2.24, 2.45) is 7.05 Å². The highest BCUT2D eigenvalue weighted by Crippen LogP contribution is 2.31. The van der Waals surface area contributed by atoms with E-state index in [1.165, 1.54) is 0 Å². The van der Waals surface area contributed by atoms with E-state index in [1.807, 2.05) is 6.92 Å². The lowest BCUT2D eigenvalue weighted by atomic mass is 10.0. The van der Waals surface area contributed by atoms with Gasteiger partial charge in [-0.3, -0.25) is 14.5 Å². The second kappa shape index (κ2) is 5.60. The highest BCUT2D eigenvalue weighted by molar-refractivity contribution is 6.34. The Morgan fingerprint density at radius 1 is 1.41 bits per heavy atom. The molecule has 0 radical (unpaired) electrons. The highest BCUT2D eigenvalue weighted by atomic mass is 35.5. The first-order chi connectivity index (χ1) is 10.5. The average molecular weight is 325 g/mol. The van der Waals surface area contributed by atoms with Crippen molar-refractivity contribution in [1.82, 2.24) is 29.9 Å². The Labute approximate surface area is 131 Å². The summed E-state index contributed by atoms with van der Waals surface area (Å²) in [4.78, 5) is 28.4. The molecule has 118 valence electrons. The number of aromatic nitrogens is 5. The van der Waals surface area contributed by atoms with Gasteiger partial charge in [-0.15, -0.1) is 0 Å². The van der Waals surface area contributed by atoms with Crippen molar-refractivity contribution in [1.29, 1.82) is 0 Å². The third-order valence-corrected chi connectivity index (χ3v) is 4.51. The van der Waals surface area contributed by atoms with Gasteiger partial charge in [0.2, 0.25) is 0 Å². The smallest absolute Gasteiger partial charge is 0.327 e. The molecule has 3 rings (SSSR count). The molecule has 2 aromatic heterocycles. The molecule has 0 saturated carbocycles. The zero-order chi connectivity index (χ0) is 15.9. The van der Waals surface area contributed by atoms with E-state index in [1.54, 1.807) is 16.6 Å². The molecule has 0 unspecified atom stereocenters. The number of piperidine rings is 1. The van der Waals surface area contributed by atoms with Crippen LogP contribution in [0.4, 0.5) is 0 Å². The van der Waals surface area contributed by atoms with Crippen LogP contribution in [-0.4, -0.2) is 42.3 Å². The van der Waals surface area contributed by atoms with E-state index in [0.29, 0.717) is 17.4 Å². The Hall–Kier alpha value is -2.09. The van der Waals surface area contributed by atoms with Crippen molar-refractivity contribution < 1.29 is 4.79 Å². The lowest BCUT2D eigenvalue weighted by Crippen LogP contribution is -2.39. The van der Waals surface area contributed by atoms with Crippen LogP contribution in [0.2, 0.25) is 5.02 Å². The van der Waals surface area contributed by atoms with E-state index in [-0.39, 0.29) is 23.3 Å². The quantitative estimate of drug-likeness (QED) is 0.865. The lowest BCUT2D eigenvalue weighted by molar-refractivity contribution is 0.0593. The fourth-order valence-electron chi connectivity index (χ4n) is 2.75. The predicted octanol–water partition coefficient (Wildman–Crippen LogP) is 1.16. The van der Waals surface area contributed by atoms with Crippen LogP contribution in [0.25, 0.3) is 0 Å². The summed E-state index contributed by atoms with van der Waals surface area (Å²) in [5.41, 5.74) is 0.609. The van der Waals surface area contributed by atoms with Gasteiger partial charge in [-0.2, -0.15) is 10.2 Å². The Bertz CT molecular complexity index is 761. The number of aromatic amines is 2. The molecule has 1 atom stereocenters. The van der Waals surface area contributed by atoms with Gasteiger partial charge in [0.05, 0.1) is 16.8 Å². The van der Waals surface area contributed by atoms with E-state index in [4.69, 9.17) is 11.6 Å². The second-order valence-electron chi connectivity index (χ2n) is 5.44. The predicted molar refractivity (Wildman–Crippen MR) is 79.8 cm³/mol. The van der Waals surface area contributed by atoms with Crippen molar-refractivity contribution in [2.75, 3.05) is 6.54 Å². The summed E-state index contributed by atoms with van der Waals surface area (Å²) in [7, 11) is 1.75. The number of carbonyl (C=O) groups is 1. The molecule has 1 aliphatic rings. The zero-order valence-electron chi connectivity index (χ0n) is 12.4. The zero-order valence-corrected chi connectivity index (χ0v) is 13.1. The van der Waals surface area contributed by atoms with Crippen LogP contribution in [0.15, 0.2) is 4.79 Å². The molecule has 2 N–H and O–H groups in total. The number of nitrogens with one attached hydrogen (secondary N) is 2. The van der Waals surface area contributed by atoms with Gasteiger partial charge in [0, 0.05) is 13.6 Å². The maximum Gasteiger partial charge on any atom is 0.340 e. The van der Waals surface area contributed by atoms with Gasteiger partial charge in [-0.05, 0) is 26.2 Å². The summed E-state index contributed by atoms with van der Waals surface area (Å²) in [6, 6.07) is -0.265. The van der Waals surface area contributed by atoms with E-state index >= 15 is 0 Å². The monoisotopic (exact) mass is 324 g/mol. The van der Waals surface area contributed by atoms with Crippen LogP contribution in [0, 0.1) is 6.92 Å². The fraction of sp³-hybridized carbons (Fsp3) is 0.538. The molecule has 1 aliphatic heterocycles. The molecule has 0 aromatic carbocycles. The van der Waals surface area contributed by atoms with Gasteiger partial charge in [-0.1, -0.05) is 11.6 Å². The maximum absolute atomic E-state index is 12.8. The minimum absolute atomic E-state index is 0.234. The van der Waals surface area contributed by atoms with Gasteiger partial charge < -0.3 is 4.90 Å². The minimum atomic E-state index is -0.375. The van der Waals surface area contributed by atoms with E-state index < -0.39 is 0 Å². The Morgan fingerprint density at radius 2 is 2.18 bits per heavy atom. The van der Waals surface area contributed by atoms with Gasteiger partial charge in [0.1, 0.15) is 0 Å². The molecule has 0 aliphatic carbocycles. The largest absolute Gasteiger partial charge is 0.340 e. The van der Waals surface area contributed by atoms with Gasteiger partial charge >= 0.3 is 5.69 Å². The molecule has 3 heterocycles. The Kier molecular flexibility index (Phi) is 3.78. The molecular weight excluding hydrogens is 308 g/mol. The normalized spacial score (nSPS) is 18.7. The minimum Gasteiger partial charge on any atom is -0.327 e. The number of aryl methyl sites for hydroxylation is 1. The van der Waals surface area contributed by atoms with Gasteiger partial charge in [0.25, 0.3) is 5.91 Å². The third-order valence-electron chi connectivity index (χ3n) is 4.06. The molecule has 8 nitrogen and oxygen atoms in total. The number of likely N-dealkylation sites (tertiary alicyclic amines) is 1. The summed E-state index contributed by atoms with van der Waals surface area (Å²) >= 11 is 6.22. The van der Waals surface area contributed by atoms with Crippen molar-refractivity contribution >= 4 is 17.5 Å². The van der Waals surface area contributed by atoms with E-state index in [9.17, 15) is 9.59 Å². The Balaban J connectivity index is 1.94.